The Morgan fingerprint density at radius 2 is 2.23 bits per heavy atom. The lowest BCUT2D eigenvalue weighted by Gasteiger charge is -2.35. The fraction of sp³-hybridized carbons (Fsp3) is 0.556. The van der Waals surface area contributed by atoms with E-state index in [1.807, 2.05) is 19.1 Å². The molecular formula is C18H24N6O2. The number of amides is 1. The van der Waals surface area contributed by atoms with Gasteiger partial charge in [0.2, 0.25) is 5.91 Å². The molecule has 138 valence electrons. The van der Waals surface area contributed by atoms with E-state index in [9.17, 15) is 9.90 Å². The van der Waals surface area contributed by atoms with E-state index < -0.39 is 0 Å². The summed E-state index contributed by atoms with van der Waals surface area (Å²) in [6, 6.07) is 4.10. The quantitative estimate of drug-likeness (QED) is 0.815. The average Bonchev–Trinajstić information content (AvgIpc) is 3.20. The number of aromatic nitrogens is 4. The van der Waals surface area contributed by atoms with E-state index in [-0.39, 0.29) is 24.6 Å². The number of aliphatic hydroxyl groups is 1. The molecule has 2 fully saturated rings. The first kappa shape index (κ1) is 17.0. The lowest BCUT2D eigenvalue weighted by atomic mass is 9.78. The maximum atomic E-state index is 12.1. The molecular weight excluding hydrogens is 332 g/mol. The second-order valence-electron chi connectivity index (χ2n) is 7.25. The maximum Gasteiger partial charge on any atom is 0.241 e. The zero-order chi connectivity index (χ0) is 18.1. The Labute approximate surface area is 152 Å². The number of rotatable bonds is 5. The van der Waals surface area contributed by atoms with Crippen LogP contribution >= 0.6 is 0 Å². The van der Waals surface area contributed by atoms with Crippen LogP contribution < -0.4 is 10.2 Å². The number of anilines is 1. The molecule has 26 heavy (non-hydrogen) atoms. The van der Waals surface area contributed by atoms with Crippen LogP contribution in [-0.4, -0.2) is 56.0 Å². The molecule has 0 aromatic carbocycles. The molecule has 0 radical (unpaired) electrons. The number of hydrogen-bond donors (Lipinski definition) is 2. The Morgan fingerprint density at radius 3 is 2.92 bits per heavy atom. The maximum absolute atomic E-state index is 12.1. The third-order valence-corrected chi connectivity index (χ3v) is 5.30. The van der Waals surface area contributed by atoms with Gasteiger partial charge < -0.3 is 15.3 Å². The van der Waals surface area contributed by atoms with Gasteiger partial charge in [-0.25, -0.2) is 9.97 Å². The summed E-state index contributed by atoms with van der Waals surface area (Å²) in [5.74, 6) is 1.23. The molecule has 2 aromatic rings. The van der Waals surface area contributed by atoms with Crippen molar-refractivity contribution in [2.24, 2.45) is 0 Å². The summed E-state index contributed by atoms with van der Waals surface area (Å²) in [5, 5.41) is 16.9. The summed E-state index contributed by atoms with van der Waals surface area (Å²) in [4.78, 5) is 23.0. The number of carbonyl (C=O) groups excluding carboxylic acids is 1. The van der Waals surface area contributed by atoms with Crippen LogP contribution in [0, 0.1) is 6.92 Å². The Kier molecular flexibility index (Phi) is 4.58. The number of nitrogens with zero attached hydrogens (tertiary/aromatic N) is 5. The Hall–Kier alpha value is -2.48. The summed E-state index contributed by atoms with van der Waals surface area (Å²) in [6.07, 6.45) is 5.60. The zero-order valence-corrected chi connectivity index (χ0v) is 14.9. The molecule has 1 saturated heterocycles. The average molecular weight is 356 g/mol. The summed E-state index contributed by atoms with van der Waals surface area (Å²) in [7, 11) is 0. The lowest BCUT2D eigenvalue weighted by molar-refractivity contribution is -0.123. The third-order valence-electron chi connectivity index (χ3n) is 5.30. The summed E-state index contributed by atoms with van der Waals surface area (Å²) in [5.41, 5.74) is 2.00. The first-order chi connectivity index (χ1) is 12.6. The highest BCUT2D eigenvalue weighted by molar-refractivity contribution is 5.76. The van der Waals surface area contributed by atoms with E-state index >= 15 is 0 Å². The molecule has 1 aliphatic carbocycles. The van der Waals surface area contributed by atoms with Crippen molar-refractivity contribution < 1.29 is 9.90 Å². The number of carbonyl (C=O) groups is 1. The standard InChI is InChI=1S/C18H24N6O2/c1-12-2-4-21-24(12)10-18(26)22-14-6-13(7-14)16-8-17(20-11-19-16)23-5-3-15(25)9-23/h2,4,8,11,13-15,25H,3,5-7,9-10H2,1H3,(H,22,26)/t13?,14?,15-/m0/s1. The van der Waals surface area contributed by atoms with Crippen molar-refractivity contribution >= 4 is 11.7 Å². The molecule has 3 heterocycles. The minimum Gasteiger partial charge on any atom is -0.391 e. The van der Waals surface area contributed by atoms with Gasteiger partial charge in [0.1, 0.15) is 18.7 Å². The SMILES string of the molecule is Cc1ccnn1CC(=O)NC1CC(c2cc(N3CC[C@H](O)C3)ncn2)C1. The molecule has 2 aliphatic rings. The first-order valence-corrected chi connectivity index (χ1v) is 9.11. The highest BCUT2D eigenvalue weighted by Gasteiger charge is 2.33. The molecule has 1 atom stereocenters. The first-order valence-electron chi connectivity index (χ1n) is 9.11. The highest BCUT2D eigenvalue weighted by Crippen LogP contribution is 2.36. The van der Waals surface area contributed by atoms with Gasteiger partial charge in [-0.3, -0.25) is 9.48 Å². The topological polar surface area (TPSA) is 96.2 Å². The molecule has 0 unspecified atom stereocenters. The lowest BCUT2D eigenvalue weighted by Crippen LogP contribution is -2.45. The fourth-order valence-electron chi connectivity index (χ4n) is 3.66. The van der Waals surface area contributed by atoms with E-state index in [1.165, 1.54) is 0 Å². The van der Waals surface area contributed by atoms with Gasteiger partial charge in [0.15, 0.2) is 0 Å². The van der Waals surface area contributed by atoms with Crippen molar-refractivity contribution in [1.29, 1.82) is 0 Å². The summed E-state index contributed by atoms with van der Waals surface area (Å²) < 4.78 is 1.70. The normalized spacial score (nSPS) is 25.2. The molecule has 1 amide bonds. The molecule has 0 spiro atoms. The number of β-amino-alcohol motifs (C(OH)–C–C–N with tert-alkyl or cyclic N) is 1. The van der Waals surface area contributed by atoms with Gasteiger partial charge in [-0.1, -0.05) is 0 Å². The van der Waals surface area contributed by atoms with E-state index in [0.717, 1.165) is 43.0 Å². The Bertz CT molecular complexity index is 785. The number of aryl methyl sites for hydroxylation is 1. The molecule has 0 bridgehead atoms. The number of nitrogens with one attached hydrogen (secondary N) is 1. The minimum absolute atomic E-state index is 0.00493. The highest BCUT2D eigenvalue weighted by atomic mass is 16.3. The van der Waals surface area contributed by atoms with Crippen LogP contribution in [-0.2, 0) is 11.3 Å². The van der Waals surface area contributed by atoms with Crippen molar-refractivity contribution in [3.05, 3.63) is 36.0 Å². The minimum atomic E-state index is -0.268. The van der Waals surface area contributed by atoms with Crippen molar-refractivity contribution in [2.45, 2.75) is 50.8 Å². The monoisotopic (exact) mass is 356 g/mol. The van der Waals surface area contributed by atoms with Crippen molar-refractivity contribution in [3.63, 3.8) is 0 Å². The van der Waals surface area contributed by atoms with Crippen LogP contribution in [0.1, 0.15) is 36.6 Å². The third kappa shape index (κ3) is 3.55. The van der Waals surface area contributed by atoms with Crippen LogP contribution in [0.2, 0.25) is 0 Å². The van der Waals surface area contributed by atoms with Crippen molar-refractivity contribution in [3.8, 4) is 0 Å². The number of aliphatic hydroxyl groups excluding tert-OH is 1. The fourth-order valence-corrected chi connectivity index (χ4v) is 3.66. The predicted molar refractivity (Wildman–Crippen MR) is 95.7 cm³/mol. The van der Waals surface area contributed by atoms with E-state index in [0.29, 0.717) is 12.5 Å². The molecule has 2 aromatic heterocycles. The largest absolute Gasteiger partial charge is 0.391 e. The van der Waals surface area contributed by atoms with Gasteiger partial charge in [0, 0.05) is 48.7 Å². The van der Waals surface area contributed by atoms with Crippen LogP contribution in [0.5, 0.6) is 0 Å². The number of hydrogen-bond acceptors (Lipinski definition) is 6. The summed E-state index contributed by atoms with van der Waals surface area (Å²) in [6.45, 7) is 3.65. The van der Waals surface area contributed by atoms with Gasteiger partial charge in [-0.05, 0) is 32.3 Å². The van der Waals surface area contributed by atoms with Crippen molar-refractivity contribution in [2.75, 3.05) is 18.0 Å². The van der Waals surface area contributed by atoms with Crippen LogP contribution in [0.4, 0.5) is 5.82 Å². The smallest absolute Gasteiger partial charge is 0.241 e. The zero-order valence-electron chi connectivity index (χ0n) is 14.9. The molecule has 1 saturated carbocycles. The molecule has 2 N–H and O–H groups in total. The Balaban J connectivity index is 1.29. The van der Waals surface area contributed by atoms with Gasteiger partial charge in [0.25, 0.3) is 0 Å². The van der Waals surface area contributed by atoms with E-state index in [2.05, 4.69) is 25.3 Å². The molecule has 4 rings (SSSR count). The van der Waals surface area contributed by atoms with E-state index in [4.69, 9.17) is 0 Å². The van der Waals surface area contributed by atoms with E-state index in [1.54, 1.807) is 17.2 Å². The molecule has 8 nitrogen and oxygen atoms in total. The van der Waals surface area contributed by atoms with Gasteiger partial charge in [-0.15, -0.1) is 0 Å². The summed E-state index contributed by atoms with van der Waals surface area (Å²) >= 11 is 0. The van der Waals surface area contributed by atoms with Crippen LogP contribution in [0.3, 0.4) is 0 Å². The molecule has 1 aliphatic heterocycles. The Morgan fingerprint density at radius 1 is 1.38 bits per heavy atom. The van der Waals surface area contributed by atoms with Crippen molar-refractivity contribution in [1.82, 2.24) is 25.1 Å². The van der Waals surface area contributed by atoms with Crippen LogP contribution in [0.25, 0.3) is 0 Å². The molecule has 8 heteroatoms. The predicted octanol–water partition coefficient (Wildman–Crippen LogP) is 0.615. The second kappa shape index (κ2) is 7.03. The van der Waals surface area contributed by atoms with Gasteiger partial charge in [0.05, 0.1) is 6.10 Å². The van der Waals surface area contributed by atoms with Gasteiger partial charge in [-0.2, -0.15) is 5.10 Å². The second-order valence-corrected chi connectivity index (χ2v) is 7.25. The van der Waals surface area contributed by atoms with Gasteiger partial charge >= 0.3 is 0 Å². The van der Waals surface area contributed by atoms with Crippen LogP contribution in [0.15, 0.2) is 24.7 Å².